The van der Waals surface area contributed by atoms with Crippen LogP contribution < -0.4 is 0 Å². The van der Waals surface area contributed by atoms with Crippen LogP contribution in [0.2, 0.25) is 0 Å². The van der Waals surface area contributed by atoms with E-state index >= 15 is 0 Å². The van der Waals surface area contributed by atoms with E-state index in [1.54, 1.807) is 33.8 Å². The maximum absolute atomic E-state index is 11.3. The number of aliphatic hydroxyl groups is 4. The quantitative estimate of drug-likeness (QED) is 0.0191. The Bertz CT molecular complexity index is 1530. The summed E-state index contributed by atoms with van der Waals surface area (Å²) in [6.07, 6.45) is 20.7. The number of esters is 4. The Kier molecular flexibility index (Phi) is 49.2. The number of carbonyl (C=O) groups is 4. The second-order valence-corrected chi connectivity index (χ2v) is 18.6. The first-order valence-corrected chi connectivity index (χ1v) is 21.9. The van der Waals surface area contributed by atoms with Crippen LogP contribution in [0.25, 0.3) is 0 Å². The molecule has 0 fully saturated rings. The zero-order valence-corrected chi connectivity index (χ0v) is 53.0. The van der Waals surface area contributed by atoms with Gasteiger partial charge in [0.05, 0.1) is 23.4 Å². The number of hydrogen-bond acceptors (Lipinski definition) is 12. The zero-order chi connectivity index (χ0) is 50.8. The van der Waals surface area contributed by atoms with Crippen LogP contribution in [0.5, 0.6) is 0 Å². The van der Waals surface area contributed by atoms with Gasteiger partial charge in [0.2, 0.25) is 0 Å². The SMILES string of the molecule is C/C(=C\CO)CCCC(C)(C)O.C=CC(=O)OC(C)(C)CCCC(C)(C=C)OC(=O)C=C.C=CC(=O)OC/C=C(\C)CCCC(C)(C)OC(=O)C=C.C=CC(C)(O)CCCC(C)(C)O.P.[3HH].[Pa].[Ta]. The number of allylic oxidation sites excluding steroid dienone is 2. The predicted octanol–water partition coefficient (Wildman–Crippen LogP) is 10.7. The van der Waals surface area contributed by atoms with Gasteiger partial charge < -0.3 is 39.4 Å². The van der Waals surface area contributed by atoms with Gasteiger partial charge in [-0.3, -0.25) is 0 Å². The van der Waals surface area contributed by atoms with Crippen LogP contribution in [0.15, 0.2) is 99.2 Å². The minimum atomic E-state index is -0.786. The van der Waals surface area contributed by atoms with E-state index in [1.807, 2.05) is 67.5 Å². The standard InChI is InChI=1S/2C16H24O4.2C10H20O2.H3P.Pa.Ta.H2/c1-7-13(17)19-15(4,5)11-10-12-16(6,9-3)20-14(18)8-2;1-6-14(17)19-12-10-13(3)9-8-11-16(4,5)20-15(18)7-2;1-9(6-8-11)5-4-7-10(2,3)12;1-5-10(4,12)8-6-7-9(2,3)11;;;;/h7-9H,1-3,10-12H2,4-6H3;6-7,10H,1-2,8-9,11-12H2,3-5H3;6,11-12H,4-5,7-8H2,1-3H3;5,11-12H,1,6-8H2,2-4H3;1H3;;;1H/b;13-10+;9-6+;;;;;/i;;;;;;;1+2. The maximum Gasteiger partial charge on any atom is 0.331 e. The van der Waals surface area contributed by atoms with Gasteiger partial charge in [0, 0.05) is 80.4 Å². The van der Waals surface area contributed by atoms with Gasteiger partial charge in [-0.1, -0.05) is 56.2 Å². The molecule has 4 N–H and O–H groups in total. The average Bonchev–Trinajstić information content (AvgIpc) is 3.16. The smallest absolute Gasteiger partial charge is 0.331 e. The van der Waals surface area contributed by atoms with E-state index in [2.05, 4.69) is 39.5 Å². The molecule has 386 valence electrons. The van der Waals surface area contributed by atoms with Crippen LogP contribution >= 0.6 is 9.90 Å². The maximum atomic E-state index is 11.3. The number of ether oxygens (including phenoxy) is 4. The molecule has 0 bridgehead atoms. The van der Waals surface area contributed by atoms with Gasteiger partial charge in [-0.25, -0.2) is 19.2 Å². The Balaban J connectivity index is -0.000000118. The second kappa shape index (κ2) is 41.7. The largest absolute Gasteiger partial charge is 0.458 e. The molecule has 0 rings (SSSR count). The molecular formula is C52H93O12PPaTa. The molecule has 0 amide bonds. The van der Waals surface area contributed by atoms with E-state index in [4.69, 9.17) is 24.1 Å². The number of hydrogen-bond donors (Lipinski definition) is 4. The van der Waals surface area contributed by atoms with E-state index in [0.717, 1.165) is 68.7 Å². The molecule has 2 radical (unpaired) electrons. The predicted molar refractivity (Wildman–Crippen MR) is 273 cm³/mol. The van der Waals surface area contributed by atoms with Crippen LogP contribution in [-0.2, 0) is 60.5 Å². The van der Waals surface area contributed by atoms with Gasteiger partial charge in [-0.15, -0.1) is 6.58 Å². The van der Waals surface area contributed by atoms with Crippen molar-refractivity contribution in [3.63, 3.8) is 0 Å². The van der Waals surface area contributed by atoms with Crippen molar-refractivity contribution in [2.24, 2.45) is 0 Å². The van der Waals surface area contributed by atoms with Crippen molar-refractivity contribution in [1.82, 2.24) is 0 Å². The summed E-state index contributed by atoms with van der Waals surface area (Å²) in [5.41, 5.74) is -1.47. The van der Waals surface area contributed by atoms with Gasteiger partial charge in [0.1, 0.15) is 23.4 Å². The van der Waals surface area contributed by atoms with E-state index in [0.29, 0.717) is 32.1 Å². The Labute approximate surface area is 451 Å². The first kappa shape index (κ1) is 79.0. The normalized spacial score (nSPS) is 13.1. The van der Waals surface area contributed by atoms with Gasteiger partial charge in [0.15, 0.2) is 0 Å². The summed E-state index contributed by atoms with van der Waals surface area (Å²) in [6.45, 7) is 43.1. The summed E-state index contributed by atoms with van der Waals surface area (Å²) in [5, 5.41) is 36.9. The van der Waals surface area contributed by atoms with Gasteiger partial charge in [-0.2, -0.15) is 9.90 Å². The van der Waals surface area contributed by atoms with Crippen LogP contribution in [0.4, 0.5) is 0 Å². The van der Waals surface area contributed by atoms with E-state index in [9.17, 15) is 34.5 Å². The third-order valence-corrected chi connectivity index (χ3v) is 9.36. The fourth-order valence-corrected chi connectivity index (χ4v) is 5.32. The molecule has 15 heteroatoms. The van der Waals surface area contributed by atoms with E-state index < -0.39 is 57.5 Å². The topological polar surface area (TPSA) is 186 Å². The number of aliphatic hydroxyl groups excluding tert-OH is 1. The van der Waals surface area contributed by atoms with Crippen molar-refractivity contribution < 1.29 is 115 Å². The van der Waals surface area contributed by atoms with Crippen molar-refractivity contribution in [3.8, 4) is 0 Å². The molecule has 0 saturated carbocycles. The Morgan fingerprint density at radius 3 is 1.25 bits per heavy atom. The second-order valence-electron chi connectivity index (χ2n) is 18.6. The fraction of sp³-hybridized carbons (Fsp3) is 0.615. The molecule has 0 spiro atoms. The third kappa shape index (κ3) is 56.4. The van der Waals surface area contributed by atoms with Crippen molar-refractivity contribution in [1.29, 1.82) is 0 Å². The molecule has 0 heterocycles. The van der Waals surface area contributed by atoms with Gasteiger partial charge in [0.25, 0.3) is 0 Å². The van der Waals surface area contributed by atoms with Crippen molar-refractivity contribution in [2.45, 2.75) is 194 Å². The van der Waals surface area contributed by atoms with E-state index in [1.165, 1.54) is 17.7 Å². The van der Waals surface area contributed by atoms with Crippen LogP contribution in [0.1, 0.15) is 162 Å². The Hall–Kier alpha value is -2.10. The summed E-state index contributed by atoms with van der Waals surface area (Å²) in [5.74, 6) is -1.76. The Morgan fingerprint density at radius 2 is 0.881 bits per heavy atom. The molecule has 0 aliphatic rings. The summed E-state index contributed by atoms with van der Waals surface area (Å²) in [7, 11) is 0. The molecule has 0 aromatic carbocycles. The Morgan fingerprint density at radius 1 is 0.522 bits per heavy atom. The van der Waals surface area contributed by atoms with Crippen molar-refractivity contribution in [3.05, 3.63) is 99.2 Å². The molecule has 0 saturated heterocycles. The van der Waals surface area contributed by atoms with Crippen molar-refractivity contribution in [2.75, 3.05) is 13.2 Å². The molecule has 0 aliphatic carbocycles. The monoisotopic (exact) mass is 1350 g/mol. The summed E-state index contributed by atoms with van der Waals surface area (Å²) >= 11 is 0. The average molecular weight is 1360 g/mol. The summed E-state index contributed by atoms with van der Waals surface area (Å²) in [4.78, 5) is 44.4. The molecular weight excluding hydrogens is 1260 g/mol. The van der Waals surface area contributed by atoms with Gasteiger partial charge >= 0.3 is 23.9 Å². The first-order valence-electron chi connectivity index (χ1n) is 21.9. The van der Waals surface area contributed by atoms with Crippen LogP contribution in [0.3, 0.4) is 0 Å². The number of carbonyl (C=O) groups excluding carboxylic acids is 4. The minimum absolute atomic E-state index is 0. The minimum Gasteiger partial charge on any atom is -0.458 e. The molecule has 0 aliphatic heterocycles. The summed E-state index contributed by atoms with van der Waals surface area (Å²) < 4.78 is 20.6. The number of rotatable bonds is 28. The van der Waals surface area contributed by atoms with Crippen LogP contribution in [-0.4, -0.2) is 91.1 Å². The van der Waals surface area contributed by atoms with Crippen molar-refractivity contribution >= 4 is 33.8 Å². The van der Waals surface area contributed by atoms with Gasteiger partial charge in [-0.05, 0) is 172 Å². The summed E-state index contributed by atoms with van der Waals surface area (Å²) in [6, 6.07) is 0. The fourth-order valence-electron chi connectivity index (χ4n) is 5.32. The van der Waals surface area contributed by atoms with Crippen LogP contribution in [0, 0.1) is 32.3 Å². The first-order chi connectivity index (χ1) is 29.2. The molecule has 0 aromatic heterocycles. The molecule has 3 unspecified atom stereocenters. The van der Waals surface area contributed by atoms with E-state index in [-0.39, 0.29) is 79.2 Å². The molecule has 3 atom stereocenters. The zero-order valence-electron chi connectivity index (χ0n) is 43.5. The molecule has 67 heavy (non-hydrogen) atoms. The third-order valence-electron chi connectivity index (χ3n) is 9.36. The molecule has 0 aromatic rings. The molecule has 12 nitrogen and oxygen atoms in total.